The Labute approximate surface area is 98.8 Å². The van der Waals surface area contributed by atoms with E-state index in [2.05, 4.69) is 32.8 Å². The highest BCUT2D eigenvalue weighted by Gasteiger charge is 2.29. The van der Waals surface area contributed by atoms with Gasteiger partial charge in [0.05, 0.1) is 19.3 Å². The average Bonchev–Trinajstić information content (AvgIpc) is 2.61. The highest BCUT2D eigenvalue weighted by Crippen LogP contribution is 2.33. The third-order valence-corrected chi connectivity index (χ3v) is 2.62. The first-order valence-electron chi connectivity index (χ1n) is 6.18. The predicted octanol–water partition coefficient (Wildman–Crippen LogP) is 3.45. The van der Waals surface area contributed by atoms with Gasteiger partial charge in [0.25, 0.3) is 0 Å². The van der Waals surface area contributed by atoms with E-state index in [4.69, 9.17) is 4.74 Å². The number of hydrogen-bond donors (Lipinski definition) is 0. The van der Waals surface area contributed by atoms with Crippen LogP contribution in [0.3, 0.4) is 0 Å². The van der Waals surface area contributed by atoms with Crippen molar-refractivity contribution in [3.05, 3.63) is 11.8 Å². The number of aromatic nitrogens is 2. The molecule has 0 saturated carbocycles. The van der Waals surface area contributed by atoms with Crippen LogP contribution < -0.4 is 4.74 Å². The van der Waals surface area contributed by atoms with E-state index in [0.29, 0.717) is 5.92 Å². The maximum absolute atomic E-state index is 5.77. The smallest absolute Gasteiger partial charge is 0.215 e. The van der Waals surface area contributed by atoms with Gasteiger partial charge in [-0.3, -0.25) is 0 Å². The van der Waals surface area contributed by atoms with Crippen LogP contribution in [0.1, 0.15) is 53.0 Å². The van der Waals surface area contributed by atoms with E-state index in [9.17, 15) is 0 Å². The molecular weight excluding hydrogens is 200 g/mol. The normalized spacial score (nSPS) is 17.2. The Morgan fingerprint density at radius 3 is 2.56 bits per heavy atom. The van der Waals surface area contributed by atoms with E-state index >= 15 is 0 Å². The molecular formula is C13H24N2O. The molecule has 0 aliphatic carbocycles. The first kappa shape index (κ1) is 13.1. The van der Waals surface area contributed by atoms with Crippen molar-refractivity contribution in [2.45, 2.75) is 54.0 Å². The Morgan fingerprint density at radius 2 is 2.00 bits per heavy atom. The van der Waals surface area contributed by atoms with Crippen LogP contribution in [0.2, 0.25) is 0 Å². The van der Waals surface area contributed by atoms with Crippen LogP contribution in [0, 0.1) is 5.41 Å². The van der Waals surface area contributed by atoms with E-state index in [1.807, 2.05) is 24.7 Å². The molecule has 3 nitrogen and oxygen atoms in total. The fourth-order valence-electron chi connectivity index (χ4n) is 1.77. The fraction of sp³-hybridized carbons (Fsp3) is 0.769. The van der Waals surface area contributed by atoms with E-state index in [-0.39, 0.29) is 5.41 Å². The number of fused-ring (bicyclic) bond motifs is 1. The Morgan fingerprint density at radius 1 is 1.38 bits per heavy atom. The second-order valence-electron chi connectivity index (χ2n) is 5.17. The number of ether oxygens (including phenoxy) is 1. The molecule has 0 radical (unpaired) electrons. The van der Waals surface area contributed by atoms with Crippen molar-refractivity contribution in [3.8, 4) is 5.88 Å². The molecule has 2 rings (SSSR count). The summed E-state index contributed by atoms with van der Waals surface area (Å²) in [6.07, 6.45) is 1.93. The van der Waals surface area contributed by atoms with Gasteiger partial charge in [-0.15, -0.1) is 0 Å². The minimum atomic E-state index is 0.202. The van der Waals surface area contributed by atoms with Gasteiger partial charge in [0.15, 0.2) is 0 Å². The van der Waals surface area contributed by atoms with Gasteiger partial charge in [0, 0.05) is 11.0 Å². The maximum atomic E-state index is 5.77. The summed E-state index contributed by atoms with van der Waals surface area (Å²) >= 11 is 0. The van der Waals surface area contributed by atoms with Gasteiger partial charge in [-0.2, -0.15) is 5.10 Å². The van der Waals surface area contributed by atoms with Crippen molar-refractivity contribution in [3.63, 3.8) is 0 Å². The molecule has 92 valence electrons. The Balaban J connectivity index is 0.000000606. The second kappa shape index (κ2) is 4.89. The average molecular weight is 224 g/mol. The van der Waals surface area contributed by atoms with Crippen LogP contribution in [0.25, 0.3) is 0 Å². The summed E-state index contributed by atoms with van der Waals surface area (Å²) in [6, 6.07) is 0. The Bertz CT molecular complexity index is 340. The molecule has 0 spiro atoms. The maximum Gasteiger partial charge on any atom is 0.215 e. The van der Waals surface area contributed by atoms with Gasteiger partial charge >= 0.3 is 0 Å². The third kappa shape index (κ3) is 2.57. The van der Waals surface area contributed by atoms with Crippen molar-refractivity contribution in [1.82, 2.24) is 9.78 Å². The van der Waals surface area contributed by atoms with Crippen LogP contribution in [0.4, 0.5) is 0 Å². The molecule has 0 atom stereocenters. The van der Waals surface area contributed by atoms with E-state index < -0.39 is 0 Å². The van der Waals surface area contributed by atoms with Crippen LogP contribution in [0.5, 0.6) is 5.88 Å². The summed E-state index contributed by atoms with van der Waals surface area (Å²) < 4.78 is 7.76. The van der Waals surface area contributed by atoms with Gasteiger partial charge in [-0.25, -0.2) is 4.68 Å². The summed E-state index contributed by atoms with van der Waals surface area (Å²) in [5, 5.41) is 4.37. The Kier molecular flexibility index (Phi) is 4.00. The van der Waals surface area contributed by atoms with Gasteiger partial charge < -0.3 is 4.74 Å². The highest BCUT2D eigenvalue weighted by molar-refractivity contribution is 5.28. The number of nitrogens with zero attached hydrogens (tertiary/aromatic N) is 2. The lowest BCUT2D eigenvalue weighted by Gasteiger charge is -2.30. The summed E-state index contributed by atoms with van der Waals surface area (Å²) in [7, 11) is 0. The lowest BCUT2D eigenvalue weighted by atomic mass is 9.94. The molecule has 0 aromatic carbocycles. The molecule has 0 unspecified atom stereocenters. The largest absolute Gasteiger partial charge is 0.477 e. The molecule has 0 saturated heterocycles. The predicted molar refractivity (Wildman–Crippen MR) is 66.9 cm³/mol. The summed E-state index contributed by atoms with van der Waals surface area (Å²) in [5.41, 5.74) is 1.42. The topological polar surface area (TPSA) is 27.1 Å². The lowest BCUT2D eigenvalue weighted by Crippen LogP contribution is -2.33. The molecule has 1 aliphatic heterocycles. The standard InChI is InChI=1S/C11H18N2O.C2H6/c1-8(2)9-5-12-13-6-11(3,4)7-14-10(9)13;1-2/h5,8H,6-7H2,1-4H3;1-2H3. The zero-order valence-corrected chi connectivity index (χ0v) is 11.4. The van der Waals surface area contributed by atoms with Crippen LogP contribution in [-0.4, -0.2) is 16.4 Å². The van der Waals surface area contributed by atoms with Crippen molar-refractivity contribution >= 4 is 0 Å². The summed E-state index contributed by atoms with van der Waals surface area (Å²) in [4.78, 5) is 0. The van der Waals surface area contributed by atoms with Gasteiger partial charge in [-0.05, 0) is 5.92 Å². The van der Waals surface area contributed by atoms with Crippen molar-refractivity contribution < 1.29 is 4.74 Å². The SMILES string of the molecule is CC.CC(C)c1cnn2c1OCC(C)(C)C2. The molecule has 0 fully saturated rings. The first-order chi connectivity index (χ1) is 7.49. The quantitative estimate of drug-likeness (QED) is 0.730. The molecule has 1 aliphatic rings. The third-order valence-electron chi connectivity index (χ3n) is 2.62. The van der Waals surface area contributed by atoms with Crippen molar-refractivity contribution in [2.24, 2.45) is 5.41 Å². The molecule has 0 bridgehead atoms. The van der Waals surface area contributed by atoms with Crippen LogP contribution in [-0.2, 0) is 6.54 Å². The second-order valence-corrected chi connectivity index (χ2v) is 5.17. The highest BCUT2D eigenvalue weighted by atomic mass is 16.5. The Hall–Kier alpha value is -0.990. The molecule has 16 heavy (non-hydrogen) atoms. The number of hydrogen-bond acceptors (Lipinski definition) is 2. The zero-order valence-electron chi connectivity index (χ0n) is 11.4. The van der Waals surface area contributed by atoms with E-state index in [1.54, 1.807) is 0 Å². The van der Waals surface area contributed by atoms with Gasteiger partial charge in [0.1, 0.15) is 0 Å². The summed E-state index contributed by atoms with van der Waals surface area (Å²) in [5.74, 6) is 1.46. The van der Waals surface area contributed by atoms with Crippen LogP contribution in [0.15, 0.2) is 6.20 Å². The van der Waals surface area contributed by atoms with Crippen molar-refractivity contribution in [1.29, 1.82) is 0 Å². The van der Waals surface area contributed by atoms with E-state index in [1.165, 1.54) is 5.56 Å². The molecule has 0 amide bonds. The first-order valence-corrected chi connectivity index (χ1v) is 6.18. The minimum Gasteiger partial charge on any atom is -0.477 e. The van der Waals surface area contributed by atoms with Crippen molar-refractivity contribution in [2.75, 3.05) is 6.61 Å². The minimum absolute atomic E-state index is 0.202. The van der Waals surface area contributed by atoms with Gasteiger partial charge in [0.2, 0.25) is 5.88 Å². The fourth-order valence-corrected chi connectivity index (χ4v) is 1.77. The molecule has 3 heteroatoms. The molecule has 1 aromatic heterocycles. The molecule has 1 aromatic rings. The van der Waals surface area contributed by atoms with E-state index in [0.717, 1.165) is 19.0 Å². The lowest BCUT2D eigenvalue weighted by molar-refractivity contribution is 0.0990. The number of rotatable bonds is 1. The monoisotopic (exact) mass is 224 g/mol. The zero-order chi connectivity index (χ0) is 12.3. The molecule has 0 N–H and O–H groups in total. The van der Waals surface area contributed by atoms with Gasteiger partial charge in [-0.1, -0.05) is 41.5 Å². The van der Waals surface area contributed by atoms with Crippen LogP contribution >= 0.6 is 0 Å². The summed E-state index contributed by atoms with van der Waals surface area (Å²) in [6.45, 7) is 14.5. The molecule has 2 heterocycles.